The van der Waals surface area contributed by atoms with Gasteiger partial charge in [-0.05, 0) is 48.9 Å². The summed E-state index contributed by atoms with van der Waals surface area (Å²) in [5.74, 6) is -0.301. The second-order valence-corrected chi connectivity index (χ2v) is 6.68. The third-order valence-corrected chi connectivity index (χ3v) is 4.62. The van der Waals surface area contributed by atoms with Crippen molar-refractivity contribution in [2.45, 2.75) is 26.3 Å². The van der Waals surface area contributed by atoms with Crippen LogP contribution < -0.4 is 10.2 Å². The van der Waals surface area contributed by atoms with E-state index in [-0.39, 0.29) is 24.2 Å². The zero-order valence-electron chi connectivity index (χ0n) is 15.5. The van der Waals surface area contributed by atoms with Crippen molar-refractivity contribution in [1.29, 1.82) is 0 Å². The Bertz CT molecular complexity index is 825. The molecule has 0 spiro atoms. The fourth-order valence-corrected chi connectivity index (χ4v) is 3.25. The molecule has 5 nitrogen and oxygen atoms in total. The molecule has 2 aromatic rings. The molecule has 0 aromatic heterocycles. The molecule has 2 amide bonds. The summed E-state index contributed by atoms with van der Waals surface area (Å²) in [6, 6.07) is 13.8. The van der Waals surface area contributed by atoms with Crippen LogP contribution in [0.4, 0.5) is 15.8 Å². The van der Waals surface area contributed by atoms with Crippen molar-refractivity contribution in [3.8, 4) is 0 Å². The second kappa shape index (κ2) is 8.77. The van der Waals surface area contributed by atoms with Crippen LogP contribution in [0.1, 0.15) is 25.3 Å². The highest BCUT2D eigenvalue weighted by atomic mass is 19.1. The summed E-state index contributed by atoms with van der Waals surface area (Å²) in [6.07, 6.45) is 1.43. The highest BCUT2D eigenvalue weighted by Gasteiger charge is 2.21. The number of nitrogens with one attached hydrogen (secondary N) is 1. The summed E-state index contributed by atoms with van der Waals surface area (Å²) >= 11 is 0. The summed E-state index contributed by atoms with van der Waals surface area (Å²) in [5.41, 5.74) is 2.31. The van der Waals surface area contributed by atoms with Gasteiger partial charge in [0.1, 0.15) is 5.82 Å². The number of halogens is 1. The molecule has 2 aromatic carbocycles. The Labute approximate surface area is 158 Å². The molecule has 1 fully saturated rings. The molecule has 1 heterocycles. The number of rotatable bonds is 7. The van der Waals surface area contributed by atoms with E-state index in [2.05, 4.69) is 5.32 Å². The van der Waals surface area contributed by atoms with Gasteiger partial charge in [-0.2, -0.15) is 0 Å². The second-order valence-electron chi connectivity index (χ2n) is 6.68. The molecular formula is C21H24FN3O2. The molecule has 0 saturated carbocycles. The zero-order valence-corrected chi connectivity index (χ0v) is 15.5. The van der Waals surface area contributed by atoms with E-state index in [0.717, 1.165) is 17.7 Å². The largest absolute Gasteiger partial charge is 0.325 e. The molecule has 3 rings (SSSR count). The van der Waals surface area contributed by atoms with Crippen molar-refractivity contribution in [2.75, 3.05) is 29.9 Å². The molecule has 1 aliphatic heterocycles. The number of amides is 2. The van der Waals surface area contributed by atoms with E-state index in [1.54, 1.807) is 11.0 Å². The molecule has 0 bridgehead atoms. The number of hydrogen-bond acceptors (Lipinski definition) is 3. The standard InChI is InChI=1S/C21H24FN3O2/c1-2-24(14-16-6-3-7-17(22)12-16)15-20(26)23-18-8-4-9-19(13-18)25-11-5-10-21(25)27/h3-4,6-9,12-13H,2,5,10-11,14-15H2,1H3,(H,23,26). The van der Waals surface area contributed by atoms with Gasteiger partial charge in [-0.25, -0.2) is 4.39 Å². The van der Waals surface area contributed by atoms with Crippen LogP contribution in [0.25, 0.3) is 0 Å². The Hall–Kier alpha value is -2.73. The number of hydrogen-bond donors (Lipinski definition) is 1. The lowest BCUT2D eigenvalue weighted by molar-refractivity contribution is -0.118. The fraction of sp³-hybridized carbons (Fsp3) is 0.333. The van der Waals surface area contributed by atoms with Crippen LogP contribution in [-0.2, 0) is 16.1 Å². The maximum absolute atomic E-state index is 13.3. The van der Waals surface area contributed by atoms with Gasteiger partial charge >= 0.3 is 0 Å². The third-order valence-electron chi connectivity index (χ3n) is 4.62. The van der Waals surface area contributed by atoms with Crippen LogP contribution >= 0.6 is 0 Å². The molecule has 1 saturated heterocycles. The molecule has 142 valence electrons. The first-order chi connectivity index (χ1) is 13.0. The predicted octanol–water partition coefficient (Wildman–Crippen LogP) is 3.41. The lowest BCUT2D eigenvalue weighted by atomic mass is 10.2. The average molecular weight is 369 g/mol. The first-order valence-electron chi connectivity index (χ1n) is 9.22. The van der Waals surface area contributed by atoms with Crippen molar-refractivity contribution in [3.05, 3.63) is 59.9 Å². The van der Waals surface area contributed by atoms with E-state index < -0.39 is 0 Å². The number of carbonyl (C=O) groups is 2. The highest BCUT2D eigenvalue weighted by molar-refractivity contribution is 5.97. The minimum absolute atomic E-state index is 0.116. The van der Waals surface area contributed by atoms with E-state index in [1.807, 2.05) is 42.2 Å². The van der Waals surface area contributed by atoms with Crippen LogP contribution in [0.3, 0.4) is 0 Å². The predicted molar refractivity (Wildman–Crippen MR) is 104 cm³/mol. The molecule has 27 heavy (non-hydrogen) atoms. The van der Waals surface area contributed by atoms with Gasteiger partial charge in [-0.3, -0.25) is 14.5 Å². The van der Waals surface area contributed by atoms with Gasteiger partial charge in [-0.1, -0.05) is 25.1 Å². The molecule has 0 unspecified atom stereocenters. The van der Waals surface area contributed by atoms with Crippen molar-refractivity contribution in [1.82, 2.24) is 4.90 Å². The Morgan fingerprint density at radius 3 is 2.74 bits per heavy atom. The zero-order chi connectivity index (χ0) is 19.2. The maximum atomic E-state index is 13.3. The molecular weight excluding hydrogens is 345 g/mol. The highest BCUT2D eigenvalue weighted by Crippen LogP contribution is 2.24. The molecule has 6 heteroatoms. The van der Waals surface area contributed by atoms with Crippen molar-refractivity contribution in [2.24, 2.45) is 0 Å². The molecule has 1 aliphatic rings. The molecule has 0 radical (unpaired) electrons. The third kappa shape index (κ3) is 5.14. The Morgan fingerprint density at radius 2 is 2.04 bits per heavy atom. The monoisotopic (exact) mass is 369 g/mol. The summed E-state index contributed by atoms with van der Waals surface area (Å²) in [7, 11) is 0. The van der Waals surface area contributed by atoms with Gasteiger partial charge in [0.05, 0.1) is 6.54 Å². The number of carbonyl (C=O) groups excluding carboxylic acids is 2. The first-order valence-corrected chi connectivity index (χ1v) is 9.22. The first kappa shape index (κ1) is 19.0. The van der Waals surface area contributed by atoms with Gasteiger partial charge in [0.25, 0.3) is 0 Å². The lowest BCUT2D eigenvalue weighted by Gasteiger charge is -2.20. The molecule has 0 aliphatic carbocycles. The smallest absolute Gasteiger partial charge is 0.238 e. The Kier molecular flexibility index (Phi) is 6.19. The fourth-order valence-electron chi connectivity index (χ4n) is 3.25. The van der Waals surface area contributed by atoms with Crippen molar-refractivity contribution >= 4 is 23.2 Å². The van der Waals surface area contributed by atoms with E-state index in [1.165, 1.54) is 12.1 Å². The van der Waals surface area contributed by atoms with E-state index in [4.69, 9.17) is 0 Å². The van der Waals surface area contributed by atoms with Crippen molar-refractivity contribution < 1.29 is 14.0 Å². The molecule has 0 atom stereocenters. The van der Waals surface area contributed by atoms with E-state index in [0.29, 0.717) is 31.7 Å². The van der Waals surface area contributed by atoms with E-state index >= 15 is 0 Å². The number of nitrogens with zero attached hydrogens (tertiary/aromatic N) is 2. The van der Waals surface area contributed by atoms with Crippen molar-refractivity contribution in [3.63, 3.8) is 0 Å². The quantitative estimate of drug-likeness (QED) is 0.814. The summed E-state index contributed by atoms with van der Waals surface area (Å²) < 4.78 is 13.3. The minimum atomic E-state index is -0.277. The van der Waals surface area contributed by atoms with Crippen LogP contribution in [-0.4, -0.2) is 36.3 Å². The number of benzene rings is 2. The van der Waals surface area contributed by atoms with Gasteiger partial charge < -0.3 is 10.2 Å². The van der Waals surface area contributed by atoms with E-state index in [9.17, 15) is 14.0 Å². The Morgan fingerprint density at radius 1 is 1.22 bits per heavy atom. The van der Waals surface area contributed by atoms with Crippen LogP contribution in [0.15, 0.2) is 48.5 Å². The van der Waals surface area contributed by atoms with Gasteiger partial charge in [-0.15, -0.1) is 0 Å². The van der Waals surface area contributed by atoms with Crippen LogP contribution in [0.5, 0.6) is 0 Å². The van der Waals surface area contributed by atoms with Crippen LogP contribution in [0, 0.1) is 5.82 Å². The Balaban J connectivity index is 1.60. The van der Waals surface area contributed by atoms with Gasteiger partial charge in [0.2, 0.25) is 11.8 Å². The topological polar surface area (TPSA) is 52.7 Å². The van der Waals surface area contributed by atoms with Gasteiger partial charge in [0.15, 0.2) is 0 Å². The van der Waals surface area contributed by atoms with Gasteiger partial charge in [0, 0.05) is 30.9 Å². The SMILES string of the molecule is CCN(CC(=O)Nc1cccc(N2CCCC2=O)c1)Cc1cccc(F)c1. The lowest BCUT2D eigenvalue weighted by Crippen LogP contribution is -2.32. The molecule has 1 N–H and O–H groups in total. The summed E-state index contributed by atoms with van der Waals surface area (Å²) in [4.78, 5) is 28.0. The normalized spacial score (nSPS) is 14.0. The minimum Gasteiger partial charge on any atom is -0.325 e. The van der Waals surface area contributed by atoms with Crippen LogP contribution in [0.2, 0.25) is 0 Å². The summed E-state index contributed by atoms with van der Waals surface area (Å²) in [5, 5.41) is 2.89. The number of likely N-dealkylation sites (N-methyl/N-ethyl adjacent to an activating group) is 1. The maximum Gasteiger partial charge on any atom is 0.238 e. The number of anilines is 2. The average Bonchev–Trinajstić information content (AvgIpc) is 3.07. The summed E-state index contributed by atoms with van der Waals surface area (Å²) in [6.45, 7) is 4.07.